The molecule has 5 aliphatic carbocycles. The molecule has 5 saturated carbocycles. The summed E-state index contributed by atoms with van der Waals surface area (Å²) in [6.45, 7) is 11.0. The number of esters is 1. The molecule has 63 heavy (non-hydrogen) atoms. The number of hydrogen-bond donors (Lipinski definition) is 1. The Morgan fingerprint density at radius 3 is 1.98 bits per heavy atom. The van der Waals surface area contributed by atoms with E-state index < -0.39 is 79.7 Å². The van der Waals surface area contributed by atoms with Crippen molar-refractivity contribution in [3.8, 4) is 11.5 Å². The molecule has 3 heterocycles. The number of phosphoric ester groups is 1. The minimum Gasteiger partial charge on any atom is -0.487 e. The zero-order valence-electron chi connectivity index (χ0n) is 36.8. The van der Waals surface area contributed by atoms with Crippen LogP contribution in [0.3, 0.4) is 0 Å². The van der Waals surface area contributed by atoms with E-state index in [0.29, 0.717) is 40.9 Å². The second-order valence-electron chi connectivity index (χ2n) is 18.6. The van der Waals surface area contributed by atoms with Crippen LogP contribution < -0.4 is 9.26 Å². The number of carbonyl (C=O) groups excluding carboxylic acids is 1. The van der Waals surface area contributed by atoms with Gasteiger partial charge in [-0.15, -0.1) is 0 Å². The van der Waals surface area contributed by atoms with Gasteiger partial charge in [0.1, 0.15) is 54.7 Å². The molecule has 1 spiro atoms. The maximum atomic E-state index is 13.8. The monoisotopic (exact) mass is 920 g/mol. The van der Waals surface area contributed by atoms with Gasteiger partial charge in [0.25, 0.3) is 5.79 Å². The van der Waals surface area contributed by atoms with E-state index in [1.807, 2.05) is 13.0 Å². The molecule has 8 aliphatic rings. The third-order valence-electron chi connectivity index (χ3n) is 13.7. The van der Waals surface area contributed by atoms with Crippen molar-refractivity contribution in [3.63, 3.8) is 0 Å². The van der Waals surface area contributed by atoms with Gasteiger partial charge in [0.2, 0.25) is 0 Å². The molecule has 2 aromatic carbocycles. The molecule has 10 rings (SSSR count). The molecule has 5 unspecified atom stereocenters. The zero-order valence-corrected chi connectivity index (χ0v) is 38.5. The van der Waals surface area contributed by atoms with Crippen molar-refractivity contribution in [1.82, 2.24) is 0 Å². The molecule has 3 aliphatic heterocycles. The highest BCUT2D eigenvalue weighted by molar-refractivity contribution is 7.47. The Balaban J connectivity index is 0.925. The Morgan fingerprint density at radius 2 is 1.46 bits per heavy atom. The van der Waals surface area contributed by atoms with Crippen LogP contribution in [-0.2, 0) is 73.9 Å². The first kappa shape index (κ1) is 45.5. The first-order valence-electron chi connectivity index (χ1n) is 21.8. The van der Waals surface area contributed by atoms with Gasteiger partial charge in [0.15, 0.2) is 23.5 Å². The highest BCUT2D eigenvalue weighted by Crippen LogP contribution is 2.70. The van der Waals surface area contributed by atoms with Gasteiger partial charge in [-0.3, -0.25) is 9.42 Å². The summed E-state index contributed by atoms with van der Waals surface area (Å²) in [7, 11) is -1.93. The highest BCUT2D eigenvalue weighted by Gasteiger charge is 2.77. The summed E-state index contributed by atoms with van der Waals surface area (Å²) in [6, 6.07) is 10.1. The van der Waals surface area contributed by atoms with Gasteiger partial charge in [-0.25, -0.2) is 14.2 Å². The molecular formula is C45H58ClO16P. The fraction of sp³-hybridized carbons (Fsp3) is 0.667. The third-order valence-corrected chi connectivity index (χ3v) is 15.0. The van der Waals surface area contributed by atoms with Gasteiger partial charge in [-0.05, 0) is 121 Å². The molecule has 0 amide bonds. The number of rotatable bonds is 15. The minimum absolute atomic E-state index is 0.0203. The normalized spacial score (nSPS) is 38.2. The lowest BCUT2D eigenvalue weighted by Crippen LogP contribution is -2.76. The van der Waals surface area contributed by atoms with Crippen molar-refractivity contribution in [2.24, 2.45) is 23.7 Å². The van der Waals surface area contributed by atoms with Crippen molar-refractivity contribution in [1.29, 1.82) is 0 Å². The molecule has 0 aromatic heterocycles. The highest BCUT2D eigenvalue weighted by atomic mass is 35.5. The maximum absolute atomic E-state index is 13.8. The van der Waals surface area contributed by atoms with Crippen LogP contribution in [0.25, 0.3) is 6.08 Å². The predicted molar refractivity (Wildman–Crippen MR) is 223 cm³/mol. The standard InChI is InChI=1S/C45H58ClO16P/c1-9-52-24(2)54-36-37-39(57-42(3,4)55-37)41(40-38(36)56-43(5,6)58-40)60-63(48,49)59-31-14-10-25(11-15-31)23-53-35-28(13-17-33(47)50-7)12-16-32(34(35)46)45(51-8)44(61-62-45)29-19-26-18-27(21-29)22-30(44)20-26/h10-17,24,26-27,29-30,36-41H,9,18-23H2,1-8H3,(H,48,49)/b17-13+/t24?,26?,27?,29?,30?,36?,37-,38+,39-,40-,41?,44?,45?/m1/s1. The van der Waals surface area contributed by atoms with Gasteiger partial charge >= 0.3 is 13.8 Å². The summed E-state index contributed by atoms with van der Waals surface area (Å²) in [6.07, 6.45) is 2.57. The topological polar surface area (TPSA) is 174 Å². The fourth-order valence-corrected chi connectivity index (χ4v) is 12.9. The predicted octanol–water partition coefficient (Wildman–Crippen LogP) is 7.75. The SMILES string of the molecule is CCOC(C)OC1[C@H]2OC(C)(C)O[C@H]2C(OP(=O)(O)Oc2ccc(COc3c(/C=C/C(=O)OC)ccc(C4(OC)OOC45C4CC6CC(C4)CC5C6)c3Cl)cc2)[C@@H]2OC(C)(C)O[C@@H]12. The van der Waals surface area contributed by atoms with Crippen LogP contribution in [0.4, 0.5) is 0 Å². The van der Waals surface area contributed by atoms with Crippen molar-refractivity contribution in [2.75, 3.05) is 20.8 Å². The summed E-state index contributed by atoms with van der Waals surface area (Å²) < 4.78 is 80.0. The molecule has 8 fully saturated rings. The lowest BCUT2D eigenvalue weighted by Gasteiger charge is -2.68. The Morgan fingerprint density at radius 1 is 0.873 bits per heavy atom. The van der Waals surface area contributed by atoms with E-state index in [1.165, 1.54) is 31.7 Å². The number of benzene rings is 2. The fourth-order valence-electron chi connectivity index (χ4n) is 11.6. The molecule has 16 nitrogen and oxygen atoms in total. The van der Waals surface area contributed by atoms with Gasteiger partial charge in [-0.1, -0.05) is 35.9 Å². The number of ether oxygens (including phenoxy) is 9. The molecule has 9 atom stereocenters. The van der Waals surface area contributed by atoms with E-state index in [-0.39, 0.29) is 29.2 Å². The minimum atomic E-state index is -4.84. The number of fused-ring (bicyclic) bond motifs is 2. The number of hydrogen-bond acceptors (Lipinski definition) is 15. The quantitative estimate of drug-likeness (QED) is 0.0603. The summed E-state index contributed by atoms with van der Waals surface area (Å²) in [5.41, 5.74) is 1.08. The van der Waals surface area contributed by atoms with E-state index in [4.69, 9.17) is 73.1 Å². The number of carbonyl (C=O) groups is 1. The van der Waals surface area contributed by atoms with Crippen molar-refractivity contribution < 1.29 is 75.7 Å². The first-order valence-corrected chi connectivity index (χ1v) is 23.7. The number of methoxy groups -OCH3 is 2. The van der Waals surface area contributed by atoms with Gasteiger partial charge in [-0.2, -0.15) is 4.89 Å². The third kappa shape index (κ3) is 8.19. The molecule has 3 saturated heterocycles. The lowest BCUT2D eigenvalue weighted by atomic mass is 9.47. The second-order valence-corrected chi connectivity index (χ2v) is 20.3. The van der Waals surface area contributed by atoms with Crippen LogP contribution in [0.15, 0.2) is 42.5 Å². The number of phosphoric acid groups is 1. The van der Waals surface area contributed by atoms with Crippen LogP contribution in [0.2, 0.25) is 5.02 Å². The molecule has 2 aromatic rings. The Hall–Kier alpha value is -2.67. The zero-order chi connectivity index (χ0) is 44.7. The second kappa shape index (κ2) is 16.9. The molecule has 18 heteroatoms. The van der Waals surface area contributed by atoms with E-state index in [2.05, 4.69) is 0 Å². The van der Waals surface area contributed by atoms with Gasteiger partial charge < -0.3 is 47.2 Å². The van der Waals surface area contributed by atoms with Crippen LogP contribution in [-0.4, -0.2) is 91.8 Å². The molecular weight excluding hydrogens is 863 g/mol. The van der Waals surface area contributed by atoms with Crippen LogP contribution in [0.5, 0.6) is 11.5 Å². The summed E-state index contributed by atoms with van der Waals surface area (Å²) in [5, 5.41) is 0.257. The smallest absolute Gasteiger partial charge is 0.487 e. The van der Waals surface area contributed by atoms with Gasteiger partial charge in [0.05, 0.1) is 12.1 Å². The van der Waals surface area contributed by atoms with E-state index in [0.717, 1.165) is 25.7 Å². The average Bonchev–Trinajstić information content (AvgIpc) is 3.72. The number of halogens is 1. The largest absolute Gasteiger partial charge is 0.527 e. The molecule has 1 N–H and O–H groups in total. The first-order chi connectivity index (χ1) is 29.9. The van der Waals surface area contributed by atoms with E-state index in [1.54, 1.807) is 66.0 Å². The molecule has 4 bridgehead atoms. The van der Waals surface area contributed by atoms with E-state index >= 15 is 0 Å². The van der Waals surface area contributed by atoms with Crippen molar-refractivity contribution >= 4 is 31.5 Å². The van der Waals surface area contributed by atoms with Crippen LogP contribution in [0.1, 0.15) is 90.3 Å². The molecule has 346 valence electrons. The maximum Gasteiger partial charge on any atom is 0.527 e. The lowest BCUT2D eigenvalue weighted by molar-refractivity contribution is -0.645. The van der Waals surface area contributed by atoms with Crippen LogP contribution in [0, 0.1) is 23.7 Å². The Bertz CT molecular complexity index is 2050. The molecule has 0 radical (unpaired) electrons. The average molecular weight is 921 g/mol. The Labute approximate surface area is 372 Å². The summed E-state index contributed by atoms with van der Waals surface area (Å²) in [4.78, 5) is 35.6. The van der Waals surface area contributed by atoms with Crippen molar-refractivity contribution in [2.45, 2.75) is 146 Å². The summed E-state index contributed by atoms with van der Waals surface area (Å²) >= 11 is 7.29. The van der Waals surface area contributed by atoms with E-state index in [9.17, 15) is 14.3 Å². The Kier molecular flexibility index (Phi) is 12.2. The summed E-state index contributed by atoms with van der Waals surface area (Å²) in [5.74, 6) is -1.73. The van der Waals surface area contributed by atoms with Crippen molar-refractivity contribution in [3.05, 3.63) is 64.2 Å². The van der Waals surface area contributed by atoms with Crippen LogP contribution >= 0.6 is 19.4 Å². The van der Waals surface area contributed by atoms with Gasteiger partial charge in [0, 0.05) is 30.9 Å².